The summed E-state index contributed by atoms with van der Waals surface area (Å²) in [5.74, 6) is -2.03. The van der Waals surface area contributed by atoms with E-state index in [1.165, 1.54) is 25.3 Å². The lowest BCUT2D eigenvalue weighted by Crippen LogP contribution is -2.40. The molecule has 8 nitrogen and oxygen atoms in total. The van der Waals surface area contributed by atoms with Crippen LogP contribution in [0.1, 0.15) is 18.1 Å². The van der Waals surface area contributed by atoms with Gasteiger partial charge in [0.05, 0.1) is 12.2 Å². The Bertz CT molecular complexity index is 1250. The molecule has 1 aromatic heterocycles. The van der Waals surface area contributed by atoms with E-state index in [2.05, 4.69) is 4.98 Å². The first-order chi connectivity index (χ1) is 16.5. The monoisotopic (exact) mass is 562 g/mol. The van der Waals surface area contributed by atoms with Gasteiger partial charge in [-0.1, -0.05) is 11.6 Å². The zero-order chi connectivity index (χ0) is 27.3. The summed E-state index contributed by atoms with van der Waals surface area (Å²) in [4.78, 5) is 15.6. The number of nitrogens with zero attached hydrogens (tertiary/aromatic N) is 1. The number of aromatic nitrogens is 1. The molecule has 0 fully saturated rings. The van der Waals surface area contributed by atoms with Crippen molar-refractivity contribution in [2.75, 3.05) is 20.3 Å². The van der Waals surface area contributed by atoms with Gasteiger partial charge in [-0.2, -0.15) is 34.8 Å². The molecule has 0 radical (unpaired) electrons. The van der Waals surface area contributed by atoms with E-state index in [0.717, 1.165) is 17.7 Å². The van der Waals surface area contributed by atoms with Crippen LogP contribution >= 0.6 is 11.6 Å². The molecule has 1 heterocycles. The minimum absolute atomic E-state index is 0.00362. The summed E-state index contributed by atoms with van der Waals surface area (Å²) >= 11 is 5.86. The number of hydrogen-bond donors (Lipinski definition) is 1. The standard InChI is InChI=1S/C20H17ClF6N2O6S/c1-11(17(30)29-36(31,32)20(25,26)27)7-12-3-4-14(34-6-5-33-2)9-16(12)35-18-15(21)8-13(10-28-18)19(22,23)24/h3-4,7-10H,5-6H2,1-2H3,(H,29,30). The van der Waals surface area contributed by atoms with Crippen molar-refractivity contribution < 1.29 is 53.8 Å². The molecular formula is C20H17ClF6N2O6S. The van der Waals surface area contributed by atoms with E-state index in [9.17, 15) is 39.6 Å². The number of alkyl halides is 6. The summed E-state index contributed by atoms with van der Waals surface area (Å²) in [6, 6.07) is 4.49. The second-order valence-corrected chi connectivity index (χ2v) is 8.94. The molecule has 0 aliphatic carbocycles. The minimum Gasteiger partial charge on any atom is -0.491 e. The first kappa shape index (κ1) is 29.2. The van der Waals surface area contributed by atoms with Crippen LogP contribution in [0.2, 0.25) is 5.02 Å². The first-order valence-corrected chi connectivity index (χ1v) is 11.4. The van der Waals surface area contributed by atoms with Crippen molar-refractivity contribution in [3.63, 3.8) is 0 Å². The maximum absolute atomic E-state index is 12.9. The summed E-state index contributed by atoms with van der Waals surface area (Å²) in [5.41, 5.74) is -7.34. The van der Waals surface area contributed by atoms with Gasteiger partial charge in [0.15, 0.2) is 0 Å². The first-order valence-electron chi connectivity index (χ1n) is 9.53. The molecule has 2 aromatic rings. The van der Waals surface area contributed by atoms with E-state index in [-0.39, 0.29) is 30.3 Å². The van der Waals surface area contributed by atoms with E-state index in [1.54, 1.807) is 0 Å². The third kappa shape index (κ3) is 7.73. The second-order valence-electron chi connectivity index (χ2n) is 6.86. The molecule has 0 unspecified atom stereocenters. The van der Waals surface area contributed by atoms with Crippen LogP contribution in [0.15, 0.2) is 36.0 Å². The Morgan fingerprint density at radius 1 is 1.14 bits per heavy atom. The Hall–Kier alpha value is -3.04. The third-order valence-electron chi connectivity index (χ3n) is 4.14. The number of rotatable bonds is 9. The number of amides is 1. The van der Waals surface area contributed by atoms with Crippen LogP contribution in [-0.4, -0.2) is 45.1 Å². The Kier molecular flexibility index (Phi) is 9.20. The number of halogens is 7. The second kappa shape index (κ2) is 11.3. The molecule has 2 rings (SSSR count). The molecule has 0 spiro atoms. The lowest BCUT2D eigenvalue weighted by molar-refractivity contribution is -0.137. The maximum atomic E-state index is 12.9. The van der Waals surface area contributed by atoms with Crippen LogP contribution in [0, 0.1) is 0 Å². The largest absolute Gasteiger partial charge is 0.516 e. The minimum atomic E-state index is -5.96. The number of carbonyl (C=O) groups is 1. The fraction of sp³-hybridized carbons (Fsp3) is 0.300. The van der Waals surface area contributed by atoms with Crippen LogP contribution in [-0.2, 0) is 25.7 Å². The predicted octanol–water partition coefficient (Wildman–Crippen LogP) is 4.94. The lowest BCUT2D eigenvalue weighted by Gasteiger charge is -2.14. The van der Waals surface area contributed by atoms with Gasteiger partial charge >= 0.3 is 21.7 Å². The van der Waals surface area contributed by atoms with Crippen molar-refractivity contribution in [1.82, 2.24) is 9.71 Å². The van der Waals surface area contributed by atoms with Gasteiger partial charge in [0.2, 0.25) is 5.88 Å². The van der Waals surface area contributed by atoms with Crippen LogP contribution in [0.4, 0.5) is 26.3 Å². The number of methoxy groups -OCH3 is 1. The number of nitrogens with one attached hydrogen (secondary N) is 1. The summed E-state index contributed by atoms with van der Waals surface area (Å²) in [6.07, 6.45) is -3.27. The number of ether oxygens (including phenoxy) is 3. The van der Waals surface area contributed by atoms with E-state index < -0.39 is 49.7 Å². The highest BCUT2D eigenvalue weighted by Crippen LogP contribution is 2.37. The highest BCUT2D eigenvalue weighted by molar-refractivity contribution is 7.90. The molecule has 1 N–H and O–H groups in total. The molecule has 0 atom stereocenters. The molecule has 0 aliphatic rings. The molecule has 198 valence electrons. The number of benzene rings is 1. The molecule has 36 heavy (non-hydrogen) atoms. The average Bonchev–Trinajstić information content (AvgIpc) is 2.75. The summed E-state index contributed by atoms with van der Waals surface area (Å²) in [5, 5.41) is -0.517. The van der Waals surface area contributed by atoms with Gasteiger partial charge in [-0.05, 0) is 31.2 Å². The molecule has 0 saturated heterocycles. The maximum Gasteiger partial charge on any atom is 0.516 e. The van der Waals surface area contributed by atoms with Crippen LogP contribution in [0.5, 0.6) is 17.4 Å². The van der Waals surface area contributed by atoms with Crippen molar-refractivity contribution >= 4 is 33.6 Å². The number of hydrogen-bond acceptors (Lipinski definition) is 7. The van der Waals surface area contributed by atoms with Gasteiger partial charge in [0.25, 0.3) is 5.91 Å². The van der Waals surface area contributed by atoms with Gasteiger partial charge in [-0.15, -0.1) is 0 Å². The smallest absolute Gasteiger partial charge is 0.491 e. The average molecular weight is 563 g/mol. The zero-order valence-electron chi connectivity index (χ0n) is 18.3. The molecule has 0 saturated carbocycles. The SMILES string of the molecule is COCCOc1ccc(C=C(C)C(=O)NS(=O)(=O)C(F)(F)F)c(Oc2ncc(C(F)(F)F)cc2Cl)c1. The Morgan fingerprint density at radius 2 is 1.81 bits per heavy atom. The highest BCUT2D eigenvalue weighted by Gasteiger charge is 2.47. The summed E-state index contributed by atoms with van der Waals surface area (Å²) in [6.45, 7) is 1.33. The van der Waals surface area contributed by atoms with Gasteiger partial charge in [-0.3, -0.25) is 4.79 Å². The summed E-state index contributed by atoms with van der Waals surface area (Å²) < 4.78 is 115. The number of carbonyl (C=O) groups excluding carboxylic acids is 1. The topological polar surface area (TPSA) is 104 Å². The molecule has 0 aliphatic heterocycles. The number of pyridine rings is 1. The van der Waals surface area contributed by atoms with Gasteiger partial charge in [-0.25, -0.2) is 9.71 Å². The van der Waals surface area contributed by atoms with Crippen LogP contribution in [0.25, 0.3) is 6.08 Å². The Balaban J connectivity index is 2.44. The fourth-order valence-electron chi connectivity index (χ4n) is 2.37. The van der Waals surface area contributed by atoms with Crippen molar-refractivity contribution in [2.24, 2.45) is 0 Å². The normalized spacial score (nSPS) is 12.9. The molecule has 1 aromatic carbocycles. The summed E-state index contributed by atoms with van der Waals surface area (Å²) in [7, 11) is -4.53. The zero-order valence-corrected chi connectivity index (χ0v) is 19.9. The number of sulfonamides is 1. The third-order valence-corrected chi connectivity index (χ3v) is 5.48. The molecule has 1 amide bonds. The van der Waals surface area contributed by atoms with Crippen LogP contribution in [0.3, 0.4) is 0 Å². The Labute approximate surface area is 205 Å². The van der Waals surface area contributed by atoms with E-state index in [0.29, 0.717) is 12.3 Å². The van der Waals surface area contributed by atoms with Gasteiger partial charge in [0, 0.05) is 30.5 Å². The molecule has 0 bridgehead atoms. The van der Waals surface area contributed by atoms with Crippen molar-refractivity contribution in [1.29, 1.82) is 0 Å². The van der Waals surface area contributed by atoms with Crippen molar-refractivity contribution in [2.45, 2.75) is 18.6 Å². The van der Waals surface area contributed by atoms with E-state index >= 15 is 0 Å². The van der Waals surface area contributed by atoms with Crippen LogP contribution < -0.4 is 14.2 Å². The lowest BCUT2D eigenvalue weighted by atomic mass is 10.1. The fourth-order valence-corrected chi connectivity index (χ4v) is 3.10. The van der Waals surface area contributed by atoms with Gasteiger partial charge in [0.1, 0.15) is 23.1 Å². The van der Waals surface area contributed by atoms with E-state index in [1.807, 2.05) is 0 Å². The molecule has 16 heteroatoms. The van der Waals surface area contributed by atoms with Gasteiger partial charge < -0.3 is 14.2 Å². The quantitative estimate of drug-likeness (QED) is 0.262. The highest BCUT2D eigenvalue weighted by atomic mass is 35.5. The van der Waals surface area contributed by atoms with Crippen molar-refractivity contribution in [3.8, 4) is 17.4 Å². The Morgan fingerprint density at radius 3 is 2.36 bits per heavy atom. The molecular weight excluding hydrogens is 546 g/mol. The predicted molar refractivity (Wildman–Crippen MR) is 115 cm³/mol. The van der Waals surface area contributed by atoms with Crippen molar-refractivity contribution in [3.05, 3.63) is 52.2 Å². The van der Waals surface area contributed by atoms with E-state index in [4.69, 9.17) is 25.8 Å².